The van der Waals surface area contributed by atoms with Crippen LogP contribution in [0.3, 0.4) is 0 Å². The Bertz CT molecular complexity index is 1030. The Morgan fingerprint density at radius 3 is 2.68 bits per heavy atom. The lowest BCUT2D eigenvalue weighted by atomic mass is 9.75. The standard InChI is InChI=1S/C22H28FN3O4S/c23-18-4-1-2-5-19(18)31(27,28)26-11-3-10-22(15-26,14-16-6-7-16)21-24-20(30-25-21)17-8-12-29-13-9-17/h1-2,4-5,16-17H,3,6-15H2/t22-/m1/s1. The molecule has 5 rings (SSSR count). The summed E-state index contributed by atoms with van der Waals surface area (Å²) in [5, 5.41) is 4.35. The van der Waals surface area contributed by atoms with Crippen LogP contribution in [0.5, 0.6) is 0 Å². The highest BCUT2D eigenvalue weighted by Gasteiger charge is 2.47. The molecular weight excluding hydrogens is 421 g/mol. The van der Waals surface area contributed by atoms with Crippen LogP contribution < -0.4 is 0 Å². The van der Waals surface area contributed by atoms with E-state index in [1.165, 1.54) is 22.5 Å². The van der Waals surface area contributed by atoms with E-state index in [-0.39, 0.29) is 17.4 Å². The number of ether oxygens (including phenoxy) is 1. The van der Waals surface area contributed by atoms with Crippen LogP contribution in [0, 0.1) is 11.7 Å². The highest BCUT2D eigenvalue weighted by Crippen LogP contribution is 2.46. The van der Waals surface area contributed by atoms with E-state index in [9.17, 15) is 12.8 Å². The molecule has 1 aromatic heterocycles. The monoisotopic (exact) mass is 449 g/mol. The number of aromatic nitrogens is 2. The summed E-state index contributed by atoms with van der Waals surface area (Å²) in [5.74, 6) is 1.26. The molecule has 2 aliphatic heterocycles. The molecule has 31 heavy (non-hydrogen) atoms. The van der Waals surface area contributed by atoms with Gasteiger partial charge in [0, 0.05) is 37.6 Å². The molecule has 1 saturated carbocycles. The predicted octanol–water partition coefficient (Wildman–Crippen LogP) is 3.63. The summed E-state index contributed by atoms with van der Waals surface area (Å²) in [6.45, 7) is 2.00. The first-order chi connectivity index (χ1) is 15.0. The van der Waals surface area contributed by atoms with Crippen LogP contribution in [0.4, 0.5) is 4.39 Å². The second-order valence-corrected chi connectivity index (χ2v) is 11.0. The summed E-state index contributed by atoms with van der Waals surface area (Å²) in [6, 6.07) is 5.57. The first-order valence-corrected chi connectivity index (χ1v) is 12.6. The SMILES string of the molecule is O=S(=O)(c1ccccc1F)N1CCC[C@](CC2CC2)(c2noc(C3CCOCC3)n2)C1. The van der Waals surface area contributed by atoms with E-state index in [0.29, 0.717) is 43.8 Å². The normalized spacial score (nSPS) is 26.2. The molecule has 9 heteroatoms. The Balaban J connectivity index is 1.45. The fourth-order valence-electron chi connectivity index (χ4n) is 4.96. The molecule has 0 N–H and O–H groups in total. The minimum absolute atomic E-state index is 0.190. The lowest BCUT2D eigenvalue weighted by molar-refractivity contribution is 0.0778. The zero-order valence-corrected chi connectivity index (χ0v) is 18.3. The fourth-order valence-corrected chi connectivity index (χ4v) is 6.59. The van der Waals surface area contributed by atoms with Gasteiger partial charge in [0.05, 0.1) is 0 Å². The molecule has 0 bridgehead atoms. The molecule has 0 spiro atoms. The molecular formula is C22H28FN3O4S. The maximum atomic E-state index is 14.3. The first-order valence-electron chi connectivity index (χ1n) is 11.1. The molecule has 1 atom stereocenters. The van der Waals surface area contributed by atoms with Crippen LogP contribution in [0.15, 0.2) is 33.7 Å². The Kier molecular flexibility index (Phi) is 5.60. The van der Waals surface area contributed by atoms with Crippen LogP contribution in [0.1, 0.15) is 62.6 Å². The van der Waals surface area contributed by atoms with Crippen molar-refractivity contribution in [2.75, 3.05) is 26.3 Å². The van der Waals surface area contributed by atoms with Crippen molar-refractivity contribution < 1.29 is 22.1 Å². The average Bonchev–Trinajstić information content (AvgIpc) is 3.44. The van der Waals surface area contributed by atoms with Gasteiger partial charge in [0.1, 0.15) is 10.7 Å². The third-order valence-corrected chi connectivity index (χ3v) is 8.74. The second kappa shape index (κ2) is 8.26. The largest absolute Gasteiger partial charge is 0.381 e. The number of hydrogen-bond donors (Lipinski definition) is 0. The van der Waals surface area contributed by atoms with E-state index in [2.05, 4.69) is 5.16 Å². The number of benzene rings is 1. The fraction of sp³-hybridized carbons (Fsp3) is 0.636. The second-order valence-electron chi connectivity index (χ2n) is 9.14. The molecule has 3 heterocycles. The highest BCUT2D eigenvalue weighted by atomic mass is 32.2. The molecule has 2 saturated heterocycles. The van der Waals surface area contributed by atoms with Gasteiger partial charge >= 0.3 is 0 Å². The van der Waals surface area contributed by atoms with Gasteiger partial charge in [-0.1, -0.05) is 30.1 Å². The summed E-state index contributed by atoms with van der Waals surface area (Å²) in [4.78, 5) is 4.52. The minimum atomic E-state index is -3.95. The van der Waals surface area contributed by atoms with Crippen molar-refractivity contribution in [3.05, 3.63) is 41.8 Å². The van der Waals surface area contributed by atoms with Crippen molar-refractivity contribution in [2.45, 2.75) is 61.2 Å². The van der Waals surface area contributed by atoms with E-state index < -0.39 is 21.3 Å². The van der Waals surface area contributed by atoms with Crippen LogP contribution in [-0.4, -0.2) is 49.2 Å². The van der Waals surface area contributed by atoms with Crippen molar-refractivity contribution in [3.8, 4) is 0 Å². The van der Waals surface area contributed by atoms with Crippen molar-refractivity contribution in [1.29, 1.82) is 0 Å². The maximum Gasteiger partial charge on any atom is 0.246 e. The molecule has 0 amide bonds. The lowest BCUT2D eigenvalue weighted by Gasteiger charge is -2.40. The molecule has 7 nitrogen and oxygen atoms in total. The van der Waals surface area contributed by atoms with Crippen molar-refractivity contribution in [1.82, 2.24) is 14.4 Å². The Hall–Kier alpha value is -1.84. The van der Waals surface area contributed by atoms with Gasteiger partial charge in [-0.25, -0.2) is 12.8 Å². The summed E-state index contributed by atoms with van der Waals surface area (Å²) >= 11 is 0. The number of halogens is 1. The Morgan fingerprint density at radius 1 is 1.16 bits per heavy atom. The maximum absolute atomic E-state index is 14.3. The molecule has 0 radical (unpaired) electrons. The van der Waals surface area contributed by atoms with Crippen LogP contribution in [0.2, 0.25) is 0 Å². The van der Waals surface area contributed by atoms with E-state index in [0.717, 1.165) is 38.5 Å². The van der Waals surface area contributed by atoms with Crippen LogP contribution >= 0.6 is 0 Å². The van der Waals surface area contributed by atoms with Gasteiger partial charge in [0.25, 0.3) is 0 Å². The van der Waals surface area contributed by atoms with Crippen molar-refractivity contribution in [2.24, 2.45) is 5.92 Å². The molecule has 168 valence electrons. The zero-order valence-electron chi connectivity index (χ0n) is 17.5. The number of sulfonamides is 1. The van der Waals surface area contributed by atoms with Gasteiger partial charge in [0.2, 0.25) is 15.9 Å². The molecule has 0 unspecified atom stereocenters. The summed E-state index contributed by atoms with van der Waals surface area (Å²) in [6.07, 6.45) is 6.32. The quantitative estimate of drug-likeness (QED) is 0.670. The Labute approximate surface area is 182 Å². The first kappa shape index (κ1) is 21.0. The minimum Gasteiger partial charge on any atom is -0.381 e. The topological polar surface area (TPSA) is 85.5 Å². The number of hydrogen-bond acceptors (Lipinski definition) is 6. The molecule has 1 aliphatic carbocycles. The van der Waals surface area contributed by atoms with E-state index in [1.807, 2.05) is 0 Å². The van der Waals surface area contributed by atoms with Gasteiger partial charge in [-0.05, 0) is 50.2 Å². The smallest absolute Gasteiger partial charge is 0.246 e. The van der Waals surface area contributed by atoms with Gasteiger partial charge in [-0.15, -0.1) is 0 Å². The molecule has 3 fully saturated rings. The van der Waals surface area contributed by atoms with E-state index in [4.69, 9.17) is 14.2 Å². The highest BCUT2D eigenvalue weighted by molar-refractivity contribution is 7.89. The van der Waals surface area contributed by atoms with Crippen LogP contribution in [-0.2, 0) is 20.2 Å². The van der Waals surface area contributed by atoms with Gasteiger partial charge in [-0.3, -0.25) is 0 Å². The molecule has 2 aromatic rings. The number of rotatable bonds is 6. The zero-order chi connectivity index (χ0) is 21.5. The van der Waals surface area contributed by atoms with E-state index >= 15 is 0 Å². The van der Waals surface area contributed by atoms with Gasteiger partial charge < -0.3 is 9.26 Å². The third kappa shape index (κ3) is 4.15. The number of nitrogens with zero attached hydrogens (tertiary/aromatic N) is 3. The average molecular weight is 450 g/mol. The van der Waals surface area contributed by atoms with Gasteiger partial charge in [-0.2, -0.15) is 9.29 Å². The summed E-state index contributed by atoms with van der Waals surface area (Å²) < 4.78 is 53.4. The Morgan fingerprint density at radius 2 is 1.94 bits per heavy atom. The van der Waals surface area contributed by atoms with Crippen LogP contribution in [0.25, 0.3) is 0 Å². The molecule has 3 aliphatic rings. The predicted molar refractivity (Wildman–Crippen MR) is 111 cm³/mol. The summed E-state index contributed by atoms with van der Waals surface area (Å²) in [7, 11) is -3.95. The van der Waals surface area contributed by atoms with Gasteiger partial charge in [0.15, 0.2) is 5.82 Å². The summed E-state index contributed by atoms with van der Waals surface area (Å²) in [5.41, 5.74) is -0.495. The number of piperidine rings is 1. The molecule has 1 aromatic carbocycles. The van der Waals surface area contributed by atoms with Crippen molar-refractivity contribution >= 4 is 10.0 Å². The lowest BCUT2D eigenvalue weighted by Crippen LogP contribution is -2.49. The van der Waals surface area contributed by atoms with Crippen molar-refractivity contribution in [3.63, 3.8) is 0 Å². The van der Waals surface area contributed by atoms with E-state index in [1.54, 1.807) is 6.07 Å². The third-order valence-electron chi connectivity index (χ3n) is 6.86.